The molecule has 0 spiro atoms. The van der Waals surface area contributed by atoms with Crippen molar-refractivity contribution in [3.63, 3.8) is 0 Å². The van der Waals surface area contributed by atoms with Gasteiger partial charge in [-0.2, -0.15) is 0 Å². The molecule has 0 radical (unpaired) electrons. The number of thioether (sulfide) groups is 1. The Hall–Kier alpha value is -2.59. The molecule has 2 N–H and O–H groups in total. The van der Waals surface area contributed by atoms with Crippen LogP contribution in [-0.2, 0) is 14.4 Å². The number of nitrogens with zero attached hydrogens (tertiary/aromatic N) is 2. The molecule has 1 aromatic heterocycles. The Balaban J connectivity index is 1.24. The van der Waals surface area contributed by atoms with E-state index in [0.717, 1.165) is 41.1 Å². The summed E-state index contributed by atoms with van der Waals surface area (Å²) in [6.07, 6.45) is 3.83. The molecule has 2 aliphatic carbocycles. The normalized spacial score (nSPS) is 34.9. The standard InChI is InChI=1S/C27H29N3O5S2/c1-12(24(32)29-9-3-2-4-10-29)30-25(33)19-15-11-16(20(19)26(30)34)21-18(15)17(13-5-7-14(31)8-6-13)22-23(36-21)28-27(35)37-22/h5-8,12,15-21,31H,2-4,9-11H2,1H3,(H,28,35). The first kappa shape index (κ1) is 23.5. The first-order valence-electron chi connectivity index (χ1n) is 13.2. The molecule has 3 aliphatic heterocycles. The van der Waals surface area contributed by atoms with Crippen molar-refractivity contribution in [1.29, 1.82) is 0 Å². The number of thiazole rings is 1. The first-order valence-corrected chi connectivity index (χ1v) is 14.9. The van der Waals surface area contributed by atoms with Gasteiger partial charge in [0, 0.05) is 29.1 Å². The highest BCUT2D eigenvalue weighted by atomic mass is 32.2. The number of aromatic hydroxyl groups is 1. The van der Waals surface area contributed by atoms with Gasteiger partial charge in [0.1, 0.15) is 11.8 Å². The maximum Gasteiger partial charge on any atom is 0.305 e. The highest BCUT2D eigenvalue weighted by Crippen LogP contribution is 2.68. The minimum absolute atomic E-state index is 0.00962. The van der Waals surface area contributed by atoms with Crippen LogP contribution in [0.4, 0.5) is 0 Å². The summed E-state index contributed by atoms with van der Waals surface area (Å²) in [6, 6.07) is 6.35. The second-order valence-electron chi connectivity index (χ2n) is 11.2. The molecule has 4 heterocycles. The van der Waals surface area contributed by atoms with Crippen LogP contribution in [0, 0.1) is 29.6 Å². The molecule has 2 bridgehead atoms. The van der Waals surface area contributed by atoms with Crippen LogP contribution in [-0.4, -0.2) is 62.0 Å². The monoisotopic (exact) mass is 539 g/mol. The number of benzene rings is 1. The number of piperidine rings is 1. The third-order valence-corrected chi connectivity index (χ3v) is 12.0. The van der Waals surface area contributed by atoms with Gasteiger partial charge in [-0.1, -0.05) is 23.5 Å². The van der Waals surface area contributed by atoms with Crippen LogP contribution in [0.15, 0.2) is 34.1 Å². The summed E-state index contributed by atoms with van der Waals surface area (Å²) in [5.74, 6) is -1.07. The summed E-state index contributed by atoms with van der Waals surface area (Å²) >= 11 is 2.87. The largest absolute Gasteiger partial charge is 0.508 e. The fraction of sp³-hybridized carbons (Fsp3) is 0.556. The summed E-state index contributed by atoms with van der Waals surface area (Å²) in [4.78, 5) is 60.2. The predicted molar refractivity (Wildman–Crippen MR) is 138 cm³/mol. The van der Waals surface area contributed by atoms with Crippen LogP contribution >= 0.6 is 23.1 Å². The van der Waals surface area contributed by atoms with Gasteiger partial charge in [-0.3, -0.25) is 24.1 Å². The van der Waals surface area contributed by atoms with Gasteiger partial charge >= 0.3 is 4.87 Å². The number of aromatic amines is 1. The number of H-pyrrole nitrogens is 1. The summed E-state index contributed by atoms with van der Waals surface area (Å²) in [7, 11) is 0. The van der Waals surface area contributed by atoms with Crippen molar-refractivity contribution in [1.82, 2.24) is 14.8 Å². The Morgan fingerprint density at radius 3 is 2.41 bits per heavy atom. The minimum atomic E-state index is -0.774. The molecule has 1 aromatic carbocycles. The van der Waals surface area contributed by atoms with Gasteiger partial charge in [-0.25, -0.2) is 0 Å². The molecule has 2 saturated heterocycles. The van der Waals surface area contributed by atoms with E-state index in [9.17, 15) is 24.3 Å². The van der Waals surface area contributed by atoms with E-state index in [-0.39, 0.29) is 57.3 Å². The zero-order valence-corrected chi connectivity index (χ0v) is 22.1. The van der Waals surface area contributed by atoms with Gasteiger partial charge in [0.25, 0.3) is 0 Å². The molecule has 10 heteroatoms. The van der Waals surface area contributed by atoms with Crippen molar-refractivity contribution in [3.05, 3.63) is 44.4 Å². The molecule has 8 nitrogen and oxygen atoms in total. The summed E-state index contributed by atoms with van der Waals surface area (Å²) in [5, 5.41) is 10.8. The molecular formula is C27H29N3O5S2. The molecule has 8 atom stereocenters. The quantitative estimate of drug-likeness (QED) is 0.581. The summed E-state index contributed by atoms with van der Waals surface area (Å²) in [5.41, 5.74) is 1.01. The Bertz CT molecular complexity index is 1350. The number of phenols is 1. The van der Waals surface area contributed by atoms with Crippen LogP contribution in [0.2, 0.25) is 0 Å². The van der Waals surface area contributed by atoms with Crippen LogP contribution in [0.5, 0.6) is 5.75 Å². The lowest BCUT2D eigenvalue weighted by molar-refractivity contribution is -0.152. The van der Waals surface area contributed by atoms with E-state index in [1.165, 1.54) is 16.2 Å². The van der Waals surface area contributed by atoms with Crippen molar-refractivity contribution in [2.24, 2.45) is 29.6 Å². The number of hydrogen-bond acceptors (Lipinski definition) is 7. The zero-order chi connectivity index (χ0) is 25.6. The topological polar surface area (TPSA) is 111 Å². The molecule has 194 valence electrons. The minimum Gasteiger partial charge on any atom is -0.508 e. The highest BCUT2D eigenvalue weighted by Gasteiger charge is 2.70. The number of amides is 3. The predicted octanol–water partition coefficient (Wildman–Crippen LogP) is 3.02. The maximum absolute atomic E-state index is 13.9. The van der Waals surface area contributed by atoms with E-state index in [0.29, 0.717) is 13.1 Å². The van der Waals surface area contributed by atoms with E-state index < -0.39 is 17.9 Å². The zero-order valence-electron chi connectivity index (χ0n) is 20.5. The number of phenolic OH excluding ortho intramolecular Hbond substituents is 1. The van der Waals surface area contributed by atoms with Crippen molar-refractivity contribution in [2.45, 2.75) is 54.8 Å². The van der Waals surface area contributed by atoms with Crippen LogP contribution in [0.3, 0.4) is 0 Å². The summed E-state index contributed by atoms with van der Waals surface area (Å²) < 4.78 is 0. The van der Waals surface area contributed by atoms with E-state index in [1.54, 1.807) is 30.8 Å². The second-order valence-corrected chi connectivity index (χ2v) is 13.4. The number of carbonyl (C=O) groups is 3. The molecule has 8 unspecified atom stereocenters. The lowest BCUT2D eigenvalue weighted by atomic mass is 9.68. The molecule has 2 saturated carbocycles. The smallest absolute Gasteiger partial charge is 0.305 e. The number of rotatable bonds is 3. The highest BCUT2D eigenvalue weighted by molar-refractivity contribution is 8.00. The van der Waals surface area contributed by atoms with Gasteiger partial charge in [0.15, 0.2) is 0 Å². The first-order chi connectivity index (χ1) is 17.8. The number of imide groups is 1. The Kier molecular flexibility index (Phi) is 5.38. The fourth-order valence-electron chi connectivity index (χ4n) is 7.97. The van der Waals surface area contributed by atoms with Gasteiger partial charge in [-0.15, -0.1) is 11.8 Å². The molecular weight excluding hydrogens is 510 g/mol. The molecule has 2 aromatic rings. The number of fused-ring (bicyclic) bond motifs is 9. The SMILES string of the molecule is CC(C(=O)N1CCCCC1)N1C(=O)C2C3CC(C2C1=O)C1C(c2ccc(O)cc2)c2sc(=O)[nH]c2SC31. The molecule has 4 fully saturated rings. The van der Waals surface area contributed by atoms with E-state index in [2.05, 4.69) is 4.98 Å². The van der Waals surface area contributed by atoms with Gasteiger partial charge in [0.2, 0.25) is 17.7 Å². The van der Waals surface area contributed by atoms with Crippen LogP contribution in [0.1, 0.15) is 49.0 Å². The van der Waals surface area contributed by atoms with E-state index in [1.807, 2.05) is 17.0 Å². The van der Waals surface area contributed by atoms with Gasteiger partial charge < -0.3 is 15.0 Å². The average molecular weight is 540 g/mol. The number of aromatic nitrogens is 1. The third-order valence-electron chi connectivity index (χ3n) is 9.42. The Labute approximate surface area is 222 Å². The molecule has 3 amide bonds. The van der Waals surface area contributed by atoms with Crippen molar-refractivity contribution in [2.75, 3.05) is 13.1 Å². The van der Waals surface area contributed by atoms with Gasteiger partial charge in [0.05, 0.1) is 16.9 Å². The third kappa shape index (κ3) is 3.34. The number of carbonyl (C=O) groups excluding carboxylic acids is 3. The lowest BCUT2D eigenvalue weighted by Gasteiger charge is -2.43. The lowest BCUT2D eigenvalue weighted by Crippen LogP contribution is -2.51. The fourth-order valence-corrected chi connectivity index (χ4v) is 10.9. The van der Waals surface area contributed by atoms with Crippen molar-refractivity contribution >= 4 is 40.8 Å². The molecule has 7 rings (SSSR count). The van der Waals surface area contributed by atoms with Gasteiger partial charge in [-0.05, 0) is 68.1 Å². The summed E-state index contributed by atoms with van der Waals surface area (Å²) in [6.45, 7) is 3.08. The Morgan fingerprint density at radius 1 is 1.03 bits per heavy atom. The second kappa shape index (κ2) is 8.46. The number of likely N-dealkylation sites (tertiary alicyclic amines) is 2. The van der Waals surface area contributed by atoms with E-state index in [4.69, 9.17) is 0 Å². The van der Waals surface area contributed by atoms with Crippen LogP contribution < -0.4 is 4.87 Å². The van der Waals surface area contributed by atoms with Crippen molar-refractivity contribution < 1.29 is 19.5 Å². The molecule has 37 heavy (non-hydrogen) atoms. The Morgan fingerprint density at radius 2 is 1.70 bits per heavy atom. The van der Waals surface area contributed by atoms with Crippen molar-refractivity contribution in [3.8, 4) is 5.75 Å². The van der Waals surface area contributed by atoms with E-state index >= 15 is 0 Å². The number of hydrogen-bond donors (Lipinski definition) is 2. The number of nitrogens with one attached hydrogen (secondary N) is 1. The molecule has 5 aliphatic rings. The average Bonchev–Trinajstić information content (AvgIpc) is 3.63. The maximum atomic E-state index is 13.9. The van der Waals surface area contributed by atoms with Crippen LogP contribution in [0.25, 0.3) is 0 Å².